The van der Waals surface area contributed by atoms with Gasteiger partial charge in [0.25, 0.3) is 0 Å². The fourth-order valence-corrected chi connectivity index (χ4v) is 2.80. The topological polar surface area (TPSA) is 46.6 Å². The van der Waals surface area contributed by atoms with E-state index in [-0.39, 0.29) is 12.2 Å². The summed E-state index contributed by atoms with van der Waals surface area (Å²) in [5.74, 6) is 0.798. The van der Waals surface area contributed by atoms with Crippen molar-refractivity contribution < 1.29 is 9.47 Å². The summed E-state index contributed by atoms with van der Waals surface area (Å²) < 4.78 is 10.9. The molecule has 2 unspecified atom stereocenters. The molecule has 0 amide bonds. The van der Waals surface area contributed by atoms with Gasteiger partial charge in [-0.1, -0.05) is 25.4 Å². The lowest BCUT2D eigenvalue weighted by molar-refractivity contribution is -0.00461. The van der Waals surface area contributed by atoms with Crippen molar-refractivity contribution in [1.82, 2.24) is 10.3 Å². The third-order valence-electron chi connectivity index (χ3n) is 3.71. The Morgan fingerprint density at radius 1 is 1.33 bits per heavy atom. The number of hydrogen-bond donors (Lipinski definition) is 1. The molecule has 0 aliphatic carbocycles. The van der Waals surface area contributed by atoms with Gasteiger partial charge in [0.05, 0.1) is 5.02 Å². The molecule has 1 aliphatic rings. The van der Waals surface area contributed by atoms with Gasteiger partial charge in [-0.05, 0) is 11.6 Å². The van der Waals surface area contributed by atoms with Gasteiger partial charge in [-0.2, -0.15) is 0 Å². The van der Waals surface area contributed by atoms with Gasteiger partial charge in [0, 0.05) is 46.1 Å². The first-order valence-electron chi connectivity index (χ1n) is 7.23. The van der Waals surface area contributed by atoms with Crippen LogP contribution in [-0.4, -0.2) is 50.5 Å². The molecule has 0 aromatic carbocycles. The minimum absolute atomic E-state index is 0.0511. The smallest absolute Gasteiger partial charge is 0.147 e. The molecule has 1 aromatic heterocycles. The monoisotopic (exact) mass is 313 g/mol. The number of hydrogen-bond acceptors (Lipinski definition) is 5. The van der Waals surface area contributed by atoms with E-state index in [2.05, 4.69) is 29.0 Å². The maximum Gasteiger partial charge on any atom is 0.147 e. The highest BCUT2D eigenvalue weighted by Crippen LogP contribution is 2.28. The molecule has 118 valence electrons. The molecule has 6 heteroatoms. The van der Waals surface area contributed by atoms with Gasteiger partial charge in [-0.3, -0.25) is 0 Å². The zero-order valence-electron chi connectivity index (χ0n) is 13.1. The zero-order valence-corrected chi connectivity index (χ0v) is 13.9. The Hall–Kier alpha value is -0.880. The van der Waals surface area contributed by atoms with Crippen LogP contribution in [-0.2, 0) is 16.0 Å². The molecule has 2 rings (SSSR count). The van der Waals surface area contributed by atoms with E-state index in [1.165, 1.54) is 0 Å². The normalized spacial score (nSPS) is 22.3. The molecule has 1 N–H and O–H groups in total. The number of nitrogens with one attached hydrogen (secondary N) is 1. The second kappa shape index (κ2) is 7.40. The lowest BCUT2D eigenvalue weighted by Gasteiger charge is -2.19. The number of aromatic nitrogens is 1. The van der Waals surface area contributed by atoms with Gasteiger partial charge in [-0.25, -0.2) is 4.98 Å². The first kappa shape index (κ1) is 16.5. The number of halogens is 1. The molecule has 1 saturated heterocycles. The number of rotatable bonds is 6. The van der Waals surface area contributed by atoms with Gasteiger partial charge in [-0.15, -0.1) is 0 Å². The SMILES string of the molecule is COC1CN(c2ncc(CNC(C)C)cc2Cl)CC1OC. The molecule has 2 atom stereocenters. The van der Waals surface area contributed by atoms with E-state index in [1.54, 1.807) is 14.2 Å². The maximum absolute atomic E-state index is 6.39. The van der Waals surface area contributed by atoms with E-state index in [9.17, 15) is 0 Å². The highest BCUT2D eigenvalue weighted by atomic mass is 35.5. The van der Waals surface area contributed by atoms with Gasteiger partial charge in [0.1, 0.15) is 18.0 Å². The molecule has 0 saturated carbocycles. The van der Waals surface area contributed by atoms with Crippen LogP contribution in [0.1, 0.15) is 19.4 Å². The van der Waals surface area contributed by atoms with E-state index in [0.717, 1.165) is 31.0 Å². The van der Waals surface area contributed by atoms with E-state index in [4.69, 9.17) is 21.1 Å². The van der Waals surface area contributed by atoms with E-state index in [0.29, 0.717) is 11.1 Å². The van der Waals surface area contributed by atoms with Crippen LogP contribution in [0.5, 0.6) is 0 Å². The Morgan fingerprint density at radius 2 is 1.95 bits per heavy atom. The molecule has 0 spiro atoms. The lowest BCUT2D eigenvalue weighted by atomic mass is 10.2. The number of anilines is 1. The Balaban J connectivity index is 2.07. The van der Waals surface area contributed by atoms with Gasteiger partial charge in [0.15, 0.2) is 0 Å². The zero-order chi connectivity index (χ0) is 15.4. The number of nitrogens with zero attached hydrogens (tertiary/aromatic N) is 2. The second-order valence-electron chi connectivity index (χ2n) is 5.64. The van der Waals surface area contributed by atoms with Crippen LogP contribution >= 0.6 is 11.6 Å². The number of ether oxygens (including phenoxy) is 2. The van der Waals surface area contributed by atoms with Crippen LogP contribution < -0.4 is 10.2 Å². The summed E-state index contributed by atoms with van der Waals surface area (Å²) >= 11 is 6.39. The van der Waals surface area contributed by atoms with Crippen molar-refractivity contribution in [3.8, 4) is 0 Å². The van der Waals surface area contributed by atoms with E-state index in [1.807, 2.05) is 12.3 Å². The van der Waals surface area contributed by atoms with Crippen molar-refractivity contribution in [3.63, 3.8) is 0 Å². The highest BCUT2D eigenvalue weighted by molar-refractivity contribution is 6.33. The summed E-state index contributed by atoms with van der Waals surface area (Å²) in [6.45, 7) is 6.48. The van der Waals surface area contributed by atoms with Gasteiger partial charge < -0.3 is 19.7 Å². The number of pyridine rings is 1. The fraction of sp³-hybridized carbons (Fsp3) is 0.667. The average Bonchev–Trinajstić information content (AvgIpc) is 2.88. The molecule has 5 nitrogen and oxygen atoms in total. The van der Waals surface area contributed by atoms with Crippen LogP contribution in [0.3, 0.4) is 0 Å². The standard InChI is InChI=1S/C15H24ClN3O2/c1-10(2)17-6-11-5-12(16)15(18-7-11)19-8-13(20-3)14(9-19)21-4/h5,7,10,13-14,17H,6,8-9H2,1-4H3. The molecule has 1 aromatic rings. The van der Waals surface area contributed by atoms with Crippen molar-refractivity contribution in [1.29, 1.82) is 0 Å². The molecular weight excluding hydrogens is 290 g/mol. The summed E-state index contributed by atoms with van der Waals surface area (Å²) in [5, 5.41) is 4.03. The Labute approximate surface area is 131 Å². The van der Waals surface area contributed by atoms with Crippen molar-refractivity contribution >= 4 is 17.4 Å². The van der Waals surface area contributed by atoms with Crippen LogP contribution in [0.2, 0.25) is 5.02 Å². The quantitative estimate of drug-likeness (QED) is 0.871. The predicted octanol–water partition coefficient (Wildman–Crippen LogP) is 2.08. The fourth-order valence-electron chi connectivity index (χ4n) is 2.49. The van der Waals surface area contributed by atoms with Gasteiger partial charge in [0.2, 0.25) is 0 Å². The molecule has 21 heavy (non-hydrogen) atoms. The first-order chi connectivity index (χ1) is 10.0. The Bertz CT molecular complexity index is 458. The second-order valence-corrected chi connectivity index (χ2v) is 6.05. The molecule has 1 aliphatic heterocycles. The summed E-state index contributed by atoms with van der Waals surface area (Å²) in [6, 6.07) is 2.41. The average molecular weight is 314 g/mol. The lowest BCUT2D eigenvalue weighted by Crippen LogP contribution is -2.27. The molecule has 1 fully saturated rings. The van der Waals surface area contributed by atoms with Crippen molar-refractivity contribution in [2.75, 3.05) is 32.2 Å². The third-order valence-corrected chi connectivity index (χ3v) is 3.99. The van der Waals surface area contributed by atoms with Crippen molar-refractivity contribution in [2.45, 2.75) is 38.6 Å². The third kappa shape index (κ3) is 4.07. The summed E-state index contributed by atoms with van der Waals surface area (Å²) in [6.07, 6.45) is 1.98. The van der Waals surface area contributed by atoms with Crippen molar-refractivity contribution in [3.05, 3.63) is 22.8 Å². The van der Waals surface area contributed by atoms with Crippen LogP contribution in [0.15, 0.2) is 12.3 Å². The van der Waals surface area contributed by atoms with Crippen molar-refractivity contribution in [2.24, 2.45) is 0 Å². The number of methoxy groups -OCH3 is 2. The predicted molar refractivity (Wildman–Crippen MR) is 85.0 cm³/mol. The Morgan fingerprint density at radius 3 is 2.43 bits per heavy atom. The van der Waals surface area contributed by atoms with E-state index < -0.39 is 0 Å². The highest BCUT2D eigenvalue weighted by Gasteiger charge is 2.34. The summed E-state index contributed by atoms with van der Waals surface area (Å²) in [7, 11) is 3.41. The largest absolute Gasteiger partial charge is 0.377 e. The van der Waals surface area contributed by atoms with E-state index >= 15 is 0 Å². The van der Waals surface area contributed by atoms with Gasteiger partial charge >= 0.3 is 0 Å². The first-order valence-corrected chi connectivity index (χ1v) is 7.61. The molecular formula is C15H24ClN3O2. The van der Waals surface area contributed by atoms with Crippen LogP contribution in [0.25, 0.3) is 0 Å². The maximum atomic E-state index is 6.39. The van der Waals surface area contributed by atoms with Crippen LogP contribution in [0.4, 0.5) is 5.82 Å². The summed E-state index contributed by atoms with van der Waals surface area (Å²) in [5.41, 5.74) is 1.09. The molecule has 2 heterocycles. The summed E-state index contributed by atoms with van der Waals surface area (Å²) in [4.78, 5) is 6.63. The minimum atomic E-state index is 0.0511. The van der Waals surface area contributed by atoms with Crippen LogP contribution in [0, 0.1) is 0 Å². The Kier molecular flexibility index (Phi) is 5.81. The minimum Gasteiger partial charge on any atom is -0.377 e. The molecule has 0 radical (unpaired) electrons. The molecule has 0 bridgehead atoms.